The van der Waals surface area contributed by atoms with Gasteiger partial charge < -0.3 is 10.2 Å². The Kier molecular flexibility index (Phi) is 5.71. The van der Waals surface area contributed by atoms with Crippen LogP contribution in [0.3, 0.4) is 0 Å². The molecule has 1 N–H and O–H groups in total. The predicted molar refractivity (Wildman–Crippen MR) is 117 cm³/mol. The molecule has 3 aromatic rings. The Balaban J connectivity index is 1.32. The second-order valence-electron chi connectivity index (χ2n) is 7.70. The minimum Gasteiger partial charge on any atom is -0.372 e. The van der Waals surface area contributed by atoms with E-state index in [9.17, 15) is 4.79 Å². The van der Waals surface area contributed by atoms with Crippen LogP contribution in [0.5, 0.6) is 0 Å². The van der Waals surface area contributed by atoms with Gasteiger partial charge in [-0.2, -0.15) is 4.98 Å². The van der Waals surface area contributed by atoms with Gasteiger partial charge in [-0.15, -0.1) is 5.10 Å². The highest BCUT2D eigenvalue weighted by Crippen LogP contribution is 2.24. The SMILES string of the molecule is Cc1cc(C)n2nc(SCC(=O)Nc3ccc(N4CCC(C)CC4)cc3)nc2n1. The average molecular weight is 411 g/mol. The molecule has 1 aliphatic rings. The van der Waals surface area contributed by atoms with Crippen LogP contribution in [0.25, 0.3) is 5.78 Å². The summed E-state index contributed by atoms with van der Waals surface area (Å²) in [6, 6.07) is 10.1. The van der Waals surface area contributed by atoms with Crippen LogP contribution in [0, 0.1) is 19.8 Å². The van der Waals surface area contributed by atoms with Gasteiger partial charge in [-0.25, -0.2) is 9.50 Å². The number of amides is 1. The number of piperidine rings is 1. The van der Waals surface area contributed by atoms with E-state index < -0.39 is 0 Å². The minimum atomic E-state index is -0.0748. The summed E-state index contributed by atoms with van der Waals surface area (Å²) in [5.41, 5.74) is 3.90. The van der Waals surface area contributed by atoms with E-state index in [1.165, 1.54) is 30.3 Å². The fraction of sp³-hybridized carbons (Fsp3) is 0.429. The van der Waals surface area contributed by atoms with Crippen LogP contribution in [0.15, 0.2) is 35.5 Å². The summed E-state index contributed by atoms with van der Waals surface area (Å²) in [6.45, 7) is 8.41. The predicted octanol–water partition coefficient (Wildman–Crippen LogP) is 3.71. The molecule has 4 rings (SSSR count). The number of nitrogens with zero attached hydrogens (tertiary/aromatic N) is 5. The molecule has 0 unspecified atom stereocenters. The van der Waals surface area contributed by atoms with Crippen LogP contribution in [0.1, 0.15) is 31.2 Å². The number of thioether (sulfide) groups is 1. The first-order chi connectivity index (χ1) is 14.0. The molecule has 0 radical (unpaired) electrons. The van der Waals surface area contributed by atoms with E-state index in [-0.39, 0.29) is 11.7 Å². The van der Waals surface area contributed by atoms with Gasteiger partial charge in [-0.3, -0.25) is 4.79 Å². The van der Waals surface area contributed by atoms with Gasteiger partial charge in [-0.05, 0) is 62.9 Å². The van der Waals surface area contributed by atoms with Crippen LogP contribution in [0.2, 0.25) is 0 Å². The first-order valence-corrected chi connectivity index (χ1v) is 10.9. The van der Waals surface area contributed by atoms with Crippen molar-refractivity contribution in [3.05, 3.63) is 41.7 Å². The van der Waals surface area contributed by atoms with Crippen LogP contribution in [-0.4, -0.2) is 44.3 Å². The molecule has 7 nitrogen and oxygen atoms in total. The maximum Gasteiger partial charge on any atom is 0.253 e. The second-order valence-corrected chi connectivity index (χ2v) is 8.64. The Morgan fingerprint density at radius 2 is 1.90 bits per heavy atom. The fourth-order valence-corrected chi connectivity index (χ4v) is 4.18. The molecule has 1 aromatic carbocycles. The number of hydrogen-bond acceptors (Lipinski definition) is 6. The molecule has 0 aliphatic carbocycles. The number of anilines is 2. The van der Waals surface area contributed by atoms with Crippen molar-refractivity contribution in [3.63, 3.8) is 0 Å². The zero-order valence-electron chi connectivity index (χ0n) is 17.1. The standard InChI is InChI=1S/C21H26N6OS/c1-14-8-10-26(11-9-14)18-6-4-17(5-7-18)23-19(28)13-29-21-24-20-22-15(2)12-16(3)27(20)25-21/h4-7,12,14H,8-11,13H2,1-3H3,(H,23,28). The topological polar surface area (TPSA) is 75.4 Å². The molecule has 8 heteroatoms. The first kappa shape index (κ1) is 19.7. The van der Waals surface area contributed by atoms with Crippen molar-refractivity contribution in [2.75, 3.05) is 29.1 Å². The summed E-state index contributed by atoms with van der Waals surface area (Å²) in [5.74, 6) is 1.55. The zero-order chi connectivity index (χ0) is 20.4. The number of rotatable bonds is 5. The fourth-order valence-electron chi connectivity index (χ4n) is 3.56. The number of nitrogens with one attached hydrogen (secondary N) is 1. The Morgan fingerprint density at radius 3 is 2.62 bits per heavy atom. The lowest BCUT2D eigenvalue weighted by Gasteiger charge is -2.32. The highest BCUT2D eigenvalue weighted by Gasteiger charge is 2.16. The maximum absolute atomic E-state index is 12.3. The van der Waals surface area contributed by atoms with E-state index in [0.29, 0.717) is 10.9 Å². The van der Waals surface area contributed by atoms with E-state index >= 15 is 0 Å². The van der Waals surface area contributed by atoms with E-state index in [4.69, 9.17) is 0 Å². The van der Waals surface area contributed by atoms with Crippen LogP contribution < -0.4 is 10.2 Å². The van der Waals surface area contributed by atoms with Crippen molar-refractivity contribution < 1.29 is 4.79 Å². The molecule has 1 amide bonds. The average Bonchev–Trinajstić information content (AvgIpc) is 3.11. The van der Waals surface area contributed by atoms with Gasteiger partial charge in [0.25, 0.3) is 5.78 Å². The van der Waals surface area contributed by atoms with Gasteiger partial charge in [0.2, 0.25) is 11.1 Å². The molecule has 0 bridgehead atoms. The third-order valence-electron chi connectivity index (χ3n) is 5.23. The Hall–Kier alpha value is -2.61. The highest BCUT2D eigenvalue weighted by molar-refractivity contribution is 7.99. The number of aryl methyl sites for hydroxylation is 2. The van der Waals surface area contributed by atoms with E-state index in [1.807, 2.05) is 32.0 Å². The largest absolute Gasteiger partial charge is 0.372 e. The monoisotopic (exact) mass is 410 g/mol. The van der Waals surface area contributed by atoms with Crippen molar-refractivity contribution in [1.82, 2.24) is 19.6 Å². The number of benzene rings is 1. The molecule has 0 atom stereocenters. The van der Waals surface area contributed by atoms with Gasteiger partial charge in [-0.1, -0.05) is 18.7 Å². The van der Waals surface area contributed by atoms with Crippen molar-refractivity contribution in [1.29, 1.82) is 0 Å². The summed E-state index contributed by atoms with van der Waals surface area (Å²) >= 11 is 1.31. The lowest BCUT2D eigenvalue weighted by Crippen LogP contribution is -2.32. The summed E-state index contributed by atoms with van der Waals surface area (Å²) < 4.78 is 1.70. The minimum absolute atomic E-state index is 0.0748. The molecule has 0 saturated carbocycles. The summed E-state index contributed by atoms with van der Waals surface area (Å²) in [6.07, 6.45) is 2.48. The lowest BCUT2D eigenvalue weighted by molar-refractivity contribution is -0.113. The molecule has 1 saturated heterocycles. The molecular weight excluding hydrogens is 384 g/mol. The first-order valence-electron chi connectivity index (χ1n) is 9.96. The summed E-state index contributed by atoms with van der Waals surface area (Å²) in [4.78, 5) is 23.5. The van der Waals surface area contributed by atoms with Crippen molar-refractivity contribution in [2.24, 2.45) is 5.92 Å². The van der Waals surface area contributed by atoms with Crippen LogP contribution in [0.4, 0.5) is 11.4 Å². The number of carbonyl (C=O) groups is 1. The van der Waals surface area contributed by atoms with Crippen LogP contribution >= 0.6 is 11.8 Å². The smallest absolute Gasteiger partial charge is 0.253 e. The lowest BCUT2D eigenvalue weighted by atomic mass is 9.99. The molecule has 3 heterocycles. The molecule has 0 spiro atoms. The Labute approximate surface area is 174 Å². The van der Waals surface area contributed by atoms with E-state index in [2.05, 4.69) is 44.3 Å². The molecule has 152 valence electrons. The number of fused-ring (bicyclic) bond motifs is 1. The summed E-state index contributed by atoms with van der Waals surface area (Å²) in [7, 11) is 0. The van der Waals surface area contributed by atoms with Gasteiger partial charge in [0, 0.05) is 35.9 Å². The van der Waals surface area contributed by atoms with Gasteiger partial charge in [0.1, 0.15) is 0 Å². The van der Waals surface area contributed by atoms with Crippen molar-refractivity contribution in [3.8, 4) is 0 Å². The zero-order valence-corrected chi connectivity index (χ0v) is 17.9. The highest BCUT2D eigenvalue weighted by atomic mass is 32.2. The van der Waals surface area contributed by atoms with Gasteiger partial charge in [0.15, 0.2) is 0 Å². The Bertz CT molecular complexity index is 1010. The third kappa shape index (κ3) is 4.70. The quantitative estimate of drug-likeness (QED) is 0.646. The van der Waals surface area contributed by atoms with E-state index in [0.717, 1.165) is 36.1 Å². The Morgan fingerprint density at radius 1 is 1.17 bits per heavy atom. The molecule has 1 aliphatic heterocycles. The van der Waals surface area contributed by atoms with Gasteiger partial charge in [0.05, 0.1) is 5.75 Å². The summed E-state index contributed by atoms with van der Waals surface area (Å²) in [5, 5.41) is 7.92. The number of carbonyl (C=O) groups excluding carboxylic acids is 1. The van der Waals surface area contributed by atoms with Crippen molar-refractivity contribution >= 4 is 34.8 Å². The molecule has 1 fully saturated rings. The van der Waals surface area contributed by atoms with E-state index in [1.54, 1.807) is 4.52 Å². The number of hydrogen-bond donors (Lipinski definition) is 1. The molecule has 2 aromatic heterocycles. The maximum atomic E-state index is 12.3. The molecule has 29 heavy (non-hydrogen) atoms. The normalized spacial score (nSPS) is 15.1. The second kappa shape index (κ2) is 8.41. The third-order valence-corrected chi connectivity index (χ3v) is 6.07. The van der Waals surface area contributed by atoms with Gasteiger partial charge >= 0.3 is 0 Å². The number of aromatic nitrogens is 4. The van der Waals surface area contributed by atoms with Crippen molar-refractivity contribution in [2.45, 2.75) is 38.8 Å². The molecular formula is C21H26N6OS. The van der Waals surface area contributed by atoms with Crippen LogP contribution in [-0.2, 0) is 4.79 Å².